The molecule has 3 rings (SSSR count). The van der Waals surface area contributed by atoms with E-state index in [-0.39, 0.29) is 36.4 Å². The third-order valence-electron chi connectivity index (χ3n) is 4.97. The van der Waals surface area contributed by atoms with E-state index in [0.717, 1.165) is 50.6 Å². The van der Waals surface area contributed by atoms with E-state index in [1.54, 1.807) is 18.4 Å². The molecule has 2 heterocycles. The van der Waals surface area contributed by atoms with Crippen LogP contribution in [0.15, 0.2) is 41.5 Å². The number of rotatable bonds is 7. The highest BCUT2D eigenvalue weighted by Crippen LogP contribution is 2.15. The van der Waals surface area contributed by atoms with Crippen LogP contribution in [0.25, 0.3) is 0 Å². The molecule has 0 atom stereocenters. The monoisotopic (exact) mass is 542 g/mol. The Morgan fingerprint density at radius 3 is 2.53 bits per heavy atom. The molecule has 0 radical (unpaired) electrons. The quantitative estimate of drug-likeness (QED) is 0.320. The number of para-hydroxylation sites is 1. The Bertz CT molecular complexity index is 805. The van der Waals surface area contributed by atoms with Crippen LogP contribution in [0.5, 0.6) is 0 Å². The molecule has 1 saturated heterocycles. The molecular formula is C21H31IN6OS. The van der Waals surface area contributed by atoms with E-state index in [1.165, 1.54) is 10.6 Å². The van der Waals surface area contributed by atoms with E-state index in [9.17, 15) is 4.79 Å². The molecule has 2 aromatic rings. The summed E-state index contributed by atoms with van der Waals surface area (Å²) in [6.07, 6.45) is 3.82. The number of amides is 1. The number of anilines is 1. The topological polar surface area (TPSA) is 72.9 Å². The fourth-order valence-electron chi connectivity index (χ4n) is 3.26. The van der Waals surface area contributed by atoms with Gasteiger partial charge in [0.05, 0.1) is 11.6 Å². The van der Waals surface area contributed by atoms with Crippen LogP contribution < -0.4 is 15.5 Å². The summed E-state index contributed by atoms with van der Waals surface area (Å²) < 4.78 is 0. The molecule has 1 fully saturated rings. The lowest BCUT2D eigenvalue weighted by atomic mass is 10.2. The van der Waals surface area contributed by atoms with Crippen molar-refractivity contribution in [2.75, 3.05) is 51.2 Å². The van der Waals surface area contributed by atoms with Gasteiger partial charge >= 0.3 is 0 Å². The van der Waals surface area contributed by atoms with Crippen LogP contribution in [0.3, 0.4) is 0 Å². The number of guanidine groups is 1. The summed E-state index contributed by atoms with van der Waals surface area (Å²) in [5, 5.41) is 7.51. The van der Waals surface area contributed by atoms with Crippen molar-refractivity contribution in [1.29, 1.82) is 0 Å². The van der Waals surface area contributed by atoms with Gasteiger partial charge in [0.2, 0.25) is 5.91 Å². The summed E-state index contributed by atoms with van der Waals surface area (Å²) in [4.78, 5) is 26.7. The summed E-state index contributed by atoms with van der Waals surface area (Å²) in [7, 11) is 1.72. The molecular weight excluding hydrogens is 511 g/mol. The van der Waals surface area contributed by atoms with Crippen molar-refractivity contribution in [1.82, 2.24) is 20.5 Å². The maximum absolute atomic E-state index is 12.5. The third-order valence-corrected chi connectivity index (χ3v) is 6.17. The molecule has 1 amide bonds. The lowest BCUT2D eigenvalue weighted by molar-refractivity contribution is -0.130. The van der Waals surface area contributed by atoms with Gasteiger partial charge in [-0.15, -0.1) is 35.3 Å². The number of nitrogens with zero attached hydrogens (tertiary/aromatic N) is 4. The zero-order chi connectivity index (χ0) is 20.5. The minimum Gasteiger partial charge on any atom is -0.368 e. The van der Waals surface area contributed by atoms with Gasteiger partial charge in [0.15, 0.2) is 5.96 Å². The van der Waals surface area contributed by atoms with Gasteiger partial charge in [-0.25, -0.2) is 4.98 Å². The number of halogens is 1. The summed E-state index contributed by atoms with van der Waals surface area (Å²) in [5.74, 6) is 0.752. The number of aromatic nitrogens is 1. The summed E-state index contributed by atoms with van der Waals surface area (Å²) in [5.41, 5.74) is 1.22. The van der Waals surface area contributed by atoms with Crippen molar-refractivity contribution >= 4 is 52.9 Å². The number of hydrogen-bond donors (Lipinski definition) is 2. The number of nitrogens with one attached hydrogen (secondary N) is 2. The van der Waals surface area contributed by atoms with Gasteiger partial charge in [-0.2, -0.15) is 0 Å². The highest BCUT2D eigenvalue weighted by molar-refractivity contribution is 14.0. The number of carbonyl (C=O) groups excluding carboxylic acids is 1. The fourth-order valence-corrected chi connectivity index (χ4v) is 4.12. The Hall–Kier alpha value is -1.88. The van der Waals surface area contributed by atoms with E-state index in [0.29, 0.717) is 5.96 Å². The molecule has 1 aromatic carbocycles. The highest BCUT2D eigenvalue weighted by atomic mass is 127. The zero-order valence-corrected chi connectivity index (χ0v) is 20.8. The maximum Gasteiger partial charge on any atom is 0.242 e. The zero-order valence-electron chi connectivity index (χ0n) is 17.6. The first-order valence-corrected chi connectivity index (χ1v) is 11.0. The molecule has 0 spiro atoms. The molecule has 0 bridgehead atoms. The third kappa shape index (κ3) is 7.12. The van der Waals surface area contributed by atoms with Crippen molar-refractivity contribution in [3.63, 3.8) is 0 Å². The van der Waals surface area contributed by atoms with E-state index in [2.05, 4.69) is 44.6 Å². The second-order valence-electron chi connectivity index (χ2n) is 6.88. The predicted molar refractivity (Wildman–Crippen MR) is 135 cm³/mol. The van der Waals surface area contributed by atoms with Crippen LogP contribution in [-0.2, 0) is 17.6 Å². The van der Waals surface area contributed by atoms with E-state index < -0.39 is 0 Å². The molecule has 0 aliphatic carbocycles. The molecule has 0 saturated carbocycles. The largest absolute Gasteiger partial charge is 0.368 e. The van der Waals surface area contributed by atoms with Gasteiger partial charge in [0.25, 0.3) is 0 Å². The Morgan fingerprint density at radius 1 is 1.17 bits per heavy atom. The molecule has 164 valence electrons. The Balaban J connectivity index is 0.00000320. The van der Waals surface area contributed by atoms with Crippen molar-refractivity contribution in [2.45, 2.75) is 19.8 Å². The second-order valence-corrected chi connectivity index (χ2v) is 8.08. The molecule has 2 N–H and O–H groups in total. The van der Waals surface area contributed by atoms with Crippen LogP contribution in [-0.4, -0.2) is 68.1 Å². The van der Waals surface area contributed by atoms with E-state index in [1.807, 2.05) is 29.3 Å². The van der Waals surface area contributed by atoms with Gasteiger partial charge in [-0.3, -0.25) is 9.79 Å². The molecule has 1 aromatic heterocycles. The Kier molecular flexibility index (Phi) is 10.4. The lowest BCUT2D eigenvalue weighted by Crippen LogP contribution is -2.52. The van der Waals surface area contributed by atoms with Gasteiger partial charge in [0.1, 0.15) is 0 Å². The standard InChI is InChI=1S/C21H30N6OS.HI/c1-3-18-15-24-19(29-18)9-10-23-21(22-2)25-16-20(28)27-13-11-26(12-14-27)17-7-5-4-6-8-17;/h4-8,15H,3,9-14,16H2,1-2H3,(H2,22,23,25);1H. The van der Waals surface area contributed by atoms with Crippen molar-refractivity contribution in [2.24, 2.45) is 4.99 Å². The number of carbonyl (C=O) groups is 1. The van der Waals surface area contributed by atoms with Crippen molar-refractivity contribution in [3.8, 4) is 0 Å². The molecule has 30 heavy (non-hydrogen) atoms. The lowest BCUT2D eigenvalue weighted by Gasteiger charge is -2.36. The van der Waals surface area contributed by atoms with E-state index in [4.69, 9.17) is 0 Å². The van der Waals surface area contributed by atoms with Crippen molar-refractivity contribution in [3.05, 3.63) is 46.4 Å². The normalized spacial score (nSPS) is 14.3. The summed E-state index contributed by atoms with van der Waals surface area (Å²) in [6.45, 7) is 6.32. The summed E-state index contributed by atoms with van der Waals surface area (Å²) in [6, 6.07) is 10.3. The number of thiazole rings is 1. The second kappa shape index (κ2) is 12.7. The number of aliphatic imine (C=N–C) groups is 1. The number of aryl methyl sites for hydroxylation is 1. The van der Waals surface area contributed by atoms with Gasteiger partial charge in [-0.05, 0) is 18.6 Å². The fraction of sp³-hybridized carbons (Fsp3) is 0.476. The van der Waals surface area contributed by atoms with Crippen molar-refractivity contribution < 1.29 is 4.79 Å². The number of hydrogen-bond acceptors (Lipinski definition) is 5. The van der Waals surface area contributed by atoms with Crippen LogP contribution in [0.2, 0.25) is 0 Å². The average Bonchev–Trinajstić information content (AvgIpc) is 3.24. The maximum atomic E-state index is 12.5. The first kappa shape index (κ1) is 24.4. The highest BCUT2D eigenvalue weighted by Gasteiger charge is 2.21. The van der Waals surface area contributed by atoms with Gasteiger partial charge < -0.3 is 20.4 Å². The first-order valence-electron chi connectivity index (χ1n) is 10.2. The van der Waals surface area contributed by atoms with Gasteiger partial charge in [-0.1, -0.05) is 25.1 Å². The number of benzene rings is 1. The minimum atomic E-state index is 0. The Morgan fingerprint density at radius 2 is 1.90 bits per heavy atom. The van der Waals surface area contributed by atoms with Crippen LogP contribution >= 0.6 is 35.3 Å². The first-order chi connectivity index (χ1) is 14.2. The van der Waals surface area contributed by atoms with Crippen LogP contribution in [0.4, 0.5) is 5.69 Å². The molecule has 7 nitrogen and oxygen atoms in total. The molecule has 1 aliphatic heterocycles. The number of piperazine rings is 1. The van der Waals surface area contributed by atoms with Gasteiger partial charge in [0, 0.05) is 63.0 Å². The Labute approximate surface area is 200 Å². The average molecular weight is 542 g/mol. The predicted octanol–water partition coefficient (Wildman–Crippen LogP) is 2.38. The SMILES string of the molecule is CCc1cnc(CCNC(=NC)NCC(=O)N2CCN(c3ccccc3)CC2)s1.I. The molecule has 0 unspecified atom stereocenters. The minimum absolute atomic E-state index is 0. The summed E-state index contributed by atoms with van der Waals surface area (Å²) >= 11 is 1.75. The molecule has 1 aliphatic rings. The molecule has 9 heteroatoms. The van der Waals surface area contributed by atoms with E-state index >= 15 is 0 Å². The smallest absolute Gasteiger partial charge is 0.242 e. The van der Waals surface area contributed by atoms with Crippen LogP contribution in [0.1, 0.15) is 16.8 Å². The van der Waals surface area contributed by atoms with Crippen LogP contribution in [0, 0.1) is 0 Å².